The van der Waals surface area contributed by atoms with Gasteiger partial charge in [0, 0.05) is 25.3 Å². The summed E-state index contributed by atoms with van der Waals surface area (Å²) in [5.41, 5.74) is 1.30. The lowest BCUT2D eigenvalue weighted by Gasteiger charge is -2.11. The minimum Gasteiger partial charge on any atom is -0.376 e. The molecule has 1 aliphatic heterocycles. The summed E-state index contributed by atoms with van der Waals surface area (Å²) >= 11 is 0. The van der Waals surface area contributed by atoms with Gasteiger partial charge in [-0.2, -0.15) is 0 Å². The second kappa shape index (κ2) is 8.44. The van der Waals surface area contributed by atoms with Gasteiger partial charge in [0.2, 0.25) is 10.0 Å². The van der Waals surface area contributed by atoms with Gasteiger partial charge in [0.25, 0.3) is 5.91 Å². The van der Waals surface area contributed by atoms with E-state index in [4.69, 9.17) is 4.74 Å². The average Bonchev–Trinajstić information content (AvgIpc) is 3.19. The first-order valence-electron chi connectivity index (χ1n) is 8.58. The topological polar surface area (TPSA) is 84.5 Å². The lowest BCUT2D eigenvalue weighted by molar-refractivity contribution is 0.0857. The Labute approximate surface area is 153 Å². The molecule has 0 radical (unpaired) electrons. The van der Waals surface area contributed by atoms with Crippen LogP contribution in [0.15, 0.2) is 59.5 Å². The Balaban J connectivity index is 1.57. The number of ether oxygens (including phenoxy) is 1. The van der Waals surface area contributed by atoms with Crippen molar-refractivity contribution in [3.8, 4) is 0 Å². The van der Waals surface area contributed by atoms with Crippen LogP contribution in [0.3, 0.4) is 0 Å². The fourth-order valence-electron chi connectivity index (χ4n) is 2.76. The van der Waals surface area contributed by atoms with Crippen LogP contribution in [-0.2, 0) is 21.3 Å². The summed E-state index contributed by atoms with van der Waals surface area (Å²) in [5, 5.41) is 2.82. The van der Waals surface area contributed by atoms with Crippen molar-refractivity contribution in [2.45, 2.75) is 30.4 Å². The van der Waals surface area contributed by atoms with Gasteiger partial charge >= 0.3 is 0 Å². The Morgan fingerprint density at radius 2 is 1.81 bits per heavy atom. The highest BCUT2D eigenvalue weighted by molar-refractivity contribution is 7.89. The van der Waals surface area contributed by atoms with Crippen LogP contribution < -0.4 is 10.0 Å². The average molecular weight is 374 g/mol. The van der Waals surface area contributed by atoms with Gasteiger partial charge in [-0.1, -0.05) is 30.3 Å². The largest absolute Gasteiger partial charge is 0.376 e. The molecule has 3 rings (SSSR count). The Morgan fingerprint density at radius 1 is 1.08 bits per heavy atom. The fraction of sp³-hybridized carbons (Fsp3) is 0.316. The number of sulfonamides is 1. The zero-order valence-electron chi connectivity index (χ0n) is 14.4. The predicted molar refractivity (Wildman–Crippen MR) is 98.2 cm³/mol. The summed E-state index contributed by atoms with van der Waals surface area (Å²) in [5.74, 6) is -0.235. The summed E-state index contributed by atoms with van der Waals surface area (Å²) in [6.07, 6.45) is 2.04. The van der Waals surface area contributed by atoms with E-state index in [1.165, 1.54) is 24.3 Å². The van der Waals surface area contributed by atoms with Gasteiger partial charge in [-0.15, -0.1) is 0 Å². The van der Waals surface area contributed by atoms with Crippen molar-refractivity contribution < 1.29 is 17.9 Å². The zero-order valence-corrected chi connectivity index (χ0v) is 15.2. The van der Waals surface area contributed by atoms with Crippen LogP contribution >= 0.6 is 0 Å². The third-order valence-corrected chi connectivity index (χ3v) is 5.67. The second-order valence-corrected chi connectivity index (χ2v) is 7.95. The number of hydrogen-bond donors (Lipinski definition) is 2. The molecular formula is C19H22N2O4S. The maximum Gasteiger partial charge on any atom is 0.251 e. The molecule has 0 saturated carbocycles. The number of rotatable bonds is 7. The molecule has 1 unspecified atom stereocenters. The summed E-state index contributed by atoms with van der Waals surface area (Å²) < 4.78 is 32.7. The van der Waals surface area contributed by atoms with Gasteiger partial charge < -0.3 is 10.1 Å². The molecular weight excluding hydrogens is 352 g/mol. The smallest absolute Gasteiger partial charge is 0.251 e. The Hall–Kier alpha value is -2.22. The first kappa shape index (κ1) is 18.6. The molecule has 1 amide bonds. The van der Waals surface area contributed by atoms with E-state index in [1.807, 2.05) is 30.3 Å². The molecule has 2 aromatic rings. The van der Waals surface area contributed by atoms with Crippen LogP contribution in [0.1, 0.15) is 28.8 Å². The molecule has 2 N–H and O–H groups in total. The summed E-state index contributed by atoms with van der Waals surface area (Å²) in [4.78, 5) is 12.3. The standard InChI is InChI=1S/C19H22N2O4S/c22-19(20-14-17-7-4-12-25-17)16-8-10-18(11-9-16)26(23,24)21-13-15-5-2-1-3-6-15/h1-3,5-6,8-11,17,21H,4,7,12-14H2,(H,20,22). The van der Waals surface area contributed by atoms with Crippen LogP contribution in [0.5, 0.6) is 0 Å². The number of amides is 1. The van der Waals surface area contributed by atoms with Gasteiger partial charge in [0.05, 0.1) is 11.0 Å². The third-order valence-electron chi connectivity index (χ3n) is 4.25. The number of nitrogens with one attached hydrogen (secondary N) is 2. The Kier molecular flexibility index (Phi) is 6.03. The zero-order chi connectivity index (χ0) is 18.4. The minimum absolute atomic E-state index is 0.0702. The van der Waals surface area contributed by atoms with Crippen molar-refractivity contribution in [2.24, 2.45) is 0 Å². The van der Waals surface area contributed by atoms with Crippen molar-refractivity contribution in [3.05, 3.63) is 65.7 Å². The highest BCUT2D eigenvalue weighted by Crippen LogP contribution is 2.13. The summed E-state index contributed by atoms with van der Waals surface area (Å²) in [7, 11) is -3.63. The van der Waals surface area contributed by atoms with E-state index in [9.17, 15) is 13.2 Å². The van der Waals surface area contributed by atoms with Gasteiger partial charge in [0.15, 0.2) is 0 Å². The van der Waals surface area contributed by atoms with E-state index < -0.39 is 10.0 Å². The van der Waals surface area contributed by atoms with Crippen LogP contribution in [0.4, 0.5) is 0 Å². The lowest BCUT2D eigenvalue weighted by atomic mass is 10.2. The monoisotopic (exact) mass is 374 g/mol. The van der Waals surface area contributed by atoms with Crippen molar-refractivity contribution in [1.29, 1.82) is 0 Å². The number of benzene rings is 2. The van der Waals surface area contributed by atoms with Crippen molar-refractivity contribution in [2.75, 3.05) is 13.2 Å². The molecule has 1 fully saturated rings. The van der Waals surface area contributed by atoms with Crippen molar-refractivity contribution in [3.63, 3.8) is 0 Å². The maximum atomic E-state index is 12.4. The third kappa shape index (κ3) is 4.91. The van der Waals surface area contributed by atoms with Crippen molar-refractivity contribution in [1.82, 2.24) is 10.0 Å². The van der Waals surface area contributed by atoms with Gasteiger partial charge in [-0.25, -0.2) is 13.1 Å². The van der Waals surface area contributed by atoms with E-state index in [0.29, 0.717) is 12.1 Å². The Bertz CT molecular complexity index is 830. The van der Waals surface area contributed by atoms with E-state index >= 15 is 0 Å². The molecule has 138 valence electrons. The van der Waals surface area contributed by atoms with Crippen LogP contribution in [0.2, 0.25) is 0 Å². The van der Waals surface area contributed by atoms with E-state index in [1.54, 1.807) is 0 Å². The molecule has 0 bridgehead atoms. The highest BCUT2D eigenvalue weighted by atomic mass is 32.2. The van der Waals surface area contributed by atoms with Crippen molar-refractivity contribution >= 4 is 15.9 Å². The minimum atomic E-state index is -3.63. The van der Waals surface area contributed by atoms with Gasteiger partial charge in [-0.3, -0.25) is 4.79 Å². The SMILES string of the molecule is O=C(NCC1CCCO1)c1ccc(S(=O)(=O)NCc2ccccc2)cc1. The molecule has 1 aliphatic rings. The maximum absolute atomic E-state index is 12.4. The molecule has 26 heavy (non-hydrogen) atoms. The predicted octanol–water partition coefficient (Wildman–Crippen LogP) is 2.07. The first-order chi connectivity index (χ1) is 12.5. The lowest BCUT2D eigenvalue weighted by Crippen LogP contribution is -2.31. The normalized spacial score (nSPS) is 17.2. The van der Waals surface area contributed by atoms with E-state index in [2.05, 4.69) is 10.0 Å². The van der Waals surface area contributed by atoms with E-state index in [0.717, 1.165) is 25.0 Å². The molecule has 6 nitrogen and oxygen atoms in total. The molecule has 1 atom stereocenters. The quantitative estimate of drug-likeness (QED) is 0.777. The molecule has 0 aliphatic carbocycles. The molecule has 1 saturated heterocycles. The van der Waals surface area contributed by atoms with Gasteiger partial charge in [0.1, 0.15) is 0 Å². The van der Waals surface area contributed by atoms with Gasteiger partial charge in [-0.05, 0) is 42.7 Å². The Morgan fingerprint density at radius 3 is 2.46 bits per heavy atom. The summed E-state index contributed by atoms with van der Waals surface area (Å²) in [6, 6.07) is 15.2. The molecule has 7 heteroatoms. The fourth-order valence-corrected chi connectivity index (χ4v) is 3.77. The highest BCUT2D eigenvalue weighted by Gasteiger charge is 2.18. The molecule has 0 spiro atoms. The second-order valence-electron chi connectivity index (χ2n) is 6.18. The molecule has 2 aromatic carbocycles. The van der Waals surface area contributed by atoms with Crippen LogP contribution in [0, 0.1) is 0 Å². The number of carbonyl (C=O) groups is 1. The molecule has 0 aromatic heterocycles. The molecule has 1 heterocycles. The van der Waals surface area contributed by atoms with Crippen LogP contribution in [0.25, 0.3) is 0 Å². The first-order valence-corrected chi connectivity index (χ1v) is 10.1. The van der Waals surface area contributed by atoms with E-state index in [-0.39, 0.29) is 23.5 Å². The number of carbonyl (C=O) groups excluding carboxylic acids is 1. The summed E-state index contributed by atoms with van der Waals surface area (Å²) in [6.45, 7) is 1.42. The number of hydrogen-bond acceptors (Lipinski definition) is 4. The van der Waals surface area contributed by atoms with Crippen LogP contribution in [-0.4, -0.2) is 33.6 Å².